The first kappa shape index (κ1) is 21.1. The van der Waals surface area contributed by atoms with E-state index in [1.54, 1.807) is 12.1 Å². The van der Waals surface area contributed by atoms with Gasteiger partial charge in [0.2, 0.25) is 0 Å². The second-order valence-electron chi connectivity index (χ2n) is 4.65. The van der Waals surface area contributed by atoms with Gasteiger partial charge in [-0.05, 0) is 23.3 Å². The van der Waals surface area contributed by atoms with E-state index in [0.717, 1.165) is 0 Å². The molecule has 2 rings (SSSR count). The molecule has 1 nitrogen and oxygen atoms in total. The number of alkyl halides is 2. The lowest BCUT2D eigenvalue weighted by Gasteiger charge is -2.13. The molecule has 0 amide bonds. The van der Waals surface area contributed by atoms with E-state index in [4.69, 9.17) is 69.6 Å². The average Bonchev–Trinajstić information content (AvgIpc) is 2.58. The summed E-state index contributed by atoms with van der Waals surface area (Å²) in [4.78, 5) is 12.9. The van der Waals surface area contributed by atoms with Crippen LogP contribution in [0.5, 0.6) is 0 Å². The molecule has 0 heterocycles. The standard InChI is InChI=1S/C15H6Br2Cl6O/c16-3-5-1-7(11(20)13(22)9(5)18)15(24)8-2-6(4-17)10(19)14(23)12(8)21/h1-2H,3-4H2. The van der Waals surface area contributed by atoms with Gasteiger partial charge in [-0.1, -0.05) is 101 Å². The van der Waals surface area contributed by atoms with Crippen LogP contribution in [0.2, 0.25) is 30.1 Å². The number of rotatable bonds is 4. The number of hydrogen-bond acceptors (Lipinski definition) is 1. The highest BCUT2D eigenvalue weighted by Crippen LogP contribution is 2.41. The fraction of sp³-hybridized carbons (Fsp3) is 0.133. The Balaban J connectivity index is 2.71. The van der Waals surface area contributed by atoms with Crippen LogP contribution < -0.4 is 0 Å². The van der Waals surface area contributed by atoms with E-state index in [2.05, 4.69) is 31.9 Å². The summed E-state index contributed by atoms with van der Waals surface area (Å²) < 4.78 is 0. The highest BCUT2D eigenvalue weighted by atomic mass is 79.9. The van der Waals surface area contributed by atoms with Crippen molar-refractivity contribution >= 4 is 107 Å². The van der Waals surface area contributed by atoms with Gasteiger partial charge in [0.15, 0.2) is 5.78 Å². The van der Waals surface area contributed by atoms with Crippen molar-refractivity contribution in [1.82, 2.24) is 0 Å². The van der Waals surface area contributed by atoms with Crippen LogP contribution in [0.15, 0.2) is 12.1 Å². The van der Waals surface area contributed by atoms with Gasteiger partial charge in [0.25, 0.3) is 0 Å². The van der Waals surface area contributed by atoms with Crippen molar-refractivity contribution in [3.05, 3.63) is 64.5 Å². The predicted octanol–water partition coefficient (Wildman–Crippen LogP) is 8.63. The van der Waals surface area contributed by atoms with Crippen molar-refractivity contribution < 1.29 is 4.79 Å². The summed E-state index contributed by atoms with van der Waals surface area (Å²) in [6.07, 6.45) is 0. The summed E-state index contributed by atoms with van der Waals surface area (Å²) in [6, 6.07) is 3.14. The predicted molar refractivity (Wildman–Crippen MR) is 112 cm³/mol. The third-order valence-corrected chi connectivity index (χ3v) is 7.22. The fourth-order valence-corrected chi connectivity index (χ4v) is 4.63. The molecule has 2 aromatic carbocycles. The second-order valence-corrected chi connectivity index (χ2v) is 8.04. The van der Waals surface area contributed by atoms with Crippen molar-refractivity contribution in [3.63, 3.8) is 0 Å². The molecule has 24 heavy (non-hydrogen) atoms. The van der Waals surface area contributed by atoms with Crippen LogP contribution in [-0.4, -0.2) is 5.78 Å². The van der Waals surface area contributed by atoms with E-state index in [9.17, 15) is 4.79 Å². The first-order valence-corrected chi connectivity index (χ1v) is 10.7. The largest absolute Gasteiger partial charge is 0.288 e. The van der Waals surface area contributed by atoms with Gasteiger partial charge in [-0.3, -0.25) is 4.79 Å². The molecule has 0 aliphatic carbocycles. The van der Waals surface area contributed by atoms with E-state index in [-0.39, 0.29) is 41.3 Å². The SMILES string of the molecule is O=C(c1cc(CBr)c(Cl)c(Cl)c1Cl)c1cc(CBr)c(Cl)c(Cl)c1Cl. The summed E-state index contributed by atoms with van der Waals surface area (Å²) in [5, 5.41) is 1.71. The zero-order chi connectivity index (χ0) is 18.2. The molecule has 0 aliphatic heterocycles. The molecule has 0 atom stereocenters. The lowest BCUT2D eigenvalue weighted by Crippen LogP contribution is -2.06. The third-order valence-electron chi connectivity index (χ3n) is 3.22. The van der Waals surface area contributed by atoms with E-state index in [1.165, 1.54) is 0 Å². The Morgan fingerprint density at radius 3 is 1.29 bits per heavy atom. The van der Waals surface area contributed by atoms with Crippen LogP contribution in [0.25, 0.3) is 0 Å². The Bertz CT molecular complexity index is 770. The smallest absolute Gasteiger partial charge is 0.196 e. The van der Waals surface area contributed by atoms with Crippen molar-refractivity contribution in [2.45, 2.75) is 10.7 Å². The van der Waals surface area contributed by atoms with Gasteiger partial charge in [-0.15, -0.1) is 0 Å². The van der Waals surface area contributed by atoms with Crippen molar-refractivity contribution in [3.8, 4) is 0 Å². The van der Waals surface area contributed by atoms with Crippen LogP contribution in [0.4, 0.5) is 0 Å². The summed E-state index contributed by atoms with van der Waals surface area (Å²) in [6.45, 7) is 0. The van der Waals surface area contributed by atoms with Crippen molar-refractivity contribution in [1.29, 1.82) is 0 Å². The molecule has 0 fully saturated rings. The van der Waals surface area contributed by atoms with Crippen LogP contribution in [0.1, 0.15) is 27.0 Å². The van der Waals surface area contributed by atoms with Gasteiger partial charge in [0.05, 0.1) is 30.1 Å². The summed E-state index contributed by atoms with van der Waals surface area (Å²) in [5.74, 6) is -0.425. The molecular formula is C15H6Br2Cl6O. The monoisotopic (exact) mass is 570 g/mol. The first-order valence-electron chi connectivity index (χ1n) is 6.23. The van der Waals surface area contributed by atoms with Crippen molar-refractivity contribution in [2.75, 3.05) is 0 Å². The molecule has 0 N–H and O–H groups in total. The molecule has 2 aromatic rings. The third kappa shape index (κ3) is 3.89. The maximum Gasteiger partial charge on any atom is 0.196 e. The van der Waals surface area contributed by atoms with Gasteiger partial charge in [-0.25, -0.2) is 0 Å². The van der Waals surface area contributed by atoms with E-state index < -0.39 is 5.78 Å². The number of benzene rings is 2. The minimum atomic E-state index is -0.425. The average molecular weight is 575 g/mol. The number of halogens is 8. The molecule has 128 valence electrons. The highest BCUT2D eigenvalue weighted by Gasteiger charge is 2.24. The Morgan fingerprint density at radius 2 is 1.00 bits per heavy atom. The molecule has 0 saturated carbocycles. The molecule has 0 aromatic heterocycles. The number of ketones is 1. The molecule has 0 aliphatic rings. The molecule has 0 saturated heterocycles. The zero-order valence-electron chi connectivity index (χ0n) is 11.5. The lowest BCUT2D eigenvalue weighted by atomic mass is 10.00. The fourth-order valence-electron chi connectivity index (χ4n) is 1.98. The van der Waals surface area contributed by atoms with Gasteiger partial charge < -0.3 is 0 Å². The van der Waals surface area contributed by atoms with Gasteiger partial charge in [0.1, 0.15) is 0 Å². The molecule has 9 heteroatoms. The van der Waals surface area contributed by atoms with E-state index in [0.29, 0.717) is 21.8 Å². The Kier molecular flexibility index (Phi) is 7.62. The molecular weight excluding hydrogens is 569 g/mol. The van der Waals surface area contributed by atoms with Crippen LogP contribution in [-0.2, 0) is 10.7 Å². The van der Waals surface area contributed by atoms with Gasteiger partial charge in [-0.2, -0.15) is 0 Å². The zero-order valence-corrected chi connectivity index (χ0v) is 19.2. The topological polar surface area (TPSA) is 17.1 Å². The van der Waals surface area contributed by atoms with E-state index in [1.807, 2.05) is 0 Å². The molecule has 0 unspecified atom stereocenters. The maximum absolute atomic E-state index is 12.9. The number of carbonyl (C=O) groups excluding carboxylic acids is 1. The highest BCUT2D eigenvalue weighted by molar-refractivity contribution is 9.08. The molecule has 0 spiro atoms. The minimum absolute atomic E-state index is 0.0545. The van der Waals surface area contributed by atoms with Crippen LogP contribution >= 0.6 is 101 Å². The van der Waals surface area contributed by atoms with Crippen molar-refractivity contribution in [2.24, 2.45) is 0 Å². The lowest BCUT2D eigenvalue weighted by molar-refractivity contribution is 0.103. The Morgan fingerprint density at radius 1 is 0.667 bits per heavy atom. The normalized spacial score (nSPS) is 11.0. The quantitative estimate of drug-likeness (QED) is 0.203. The Labute approximate surface area is 185 Å². The second kappa shape index (κ2) is 8.67. The summed E-state index contributed by atoms with van der Waals surface area (Å²) >= 11 is 43.5. The molecule has 0 radical (unpaired) electrons. The van der Waals surface area contributed by atoms with E-state index >= 15 is 0 Å². The summed E-state index contributed by atoms with van der Waals surface area (Å²) in [5.41, 5.74) is 1.63. The first-order chi connectivity index (χ1) is 11.2. The van der Waals surface area contributed by atoms with Gasteiger partial charge >= 0.3 is 0 Å². The minimum Gasteiger partial charge on any atom is -0.288 e. The molecule has 0 bridgehead atoms. The van der Waals surface area contributed by atoms with Crippen LogP contribution in [0, 0.1) is 0 Å². The van der Waals surface area contributed by atoms with Crippen LogP contribution in [0.3, 0.4) is 0 Å². The Hall–Kier alpha value is 0.810. The summed E-state index contributed by atoms with van der Waals surface area (Å²) in [7, 11) is 0. The maximum atomic E-state index is 12.9. The number of carbonyl (C=O) groups is 1. The van der Waals surface area contributed by atoms with Gasteiger partial charge in [0, 0.05) is 21.8 Å². The number of hydrogen-bond donors (Lipinski definition) is 0.